The van der Waals surface area contributed by atoms with Gasteiger partial charge in [-0.15, -0.1) is 6.58 Å². The van der Waals surface area contributed by atoms with Crippen LogP contribution in [0.15, 0.2) is 30.6 Å². The smallest absolute Gasteiger partial charge is 0.141 e. The summed E-state index contributed by atoms with van der Waals surface area (Å²) in [7, 11) is 1.63. The molecule has 3 nitrogen and oxygen atoms in total. The number of nitrogens with zero attached hydrogens (tertiary/aromatic N) is 1. The van der Waals surface area contributed by atoms with Gasteiger partial charge in [-0.3, -0.25) is 4.98 Å². The van der Waals surface area contributed by atoms with Crippen LogP contribution in [-0.4, -0.2) is 12.1 Å². The fraction of sp³-hybridized carbons (Fsp3) is 0.417. The monoisotopic (exact) mass is 206 g/mol. The van der Waals surface area contributed by atoms with Crippen LogP contribution in [0.25, 0.3) is 0 Å². The van der Waals surface area contributed by atoms with Gasteiger partial charge in [0.2, 0.25) is 0 Å². The third kappa shape index (κ3) is 3.36. The lowest BCUT2D eigenvalue weighted by molar-refractivity contribution is 0.402. The number of rotatable bonds is 5. The van der Waals surface area contributed by atoms with Crippen molar-refractivity contribution in [3.63, 3.8) is 0 Å². The van der Waals surface area contributed by atoms with Gasteiger partial charge in [-0.1, -0.05) is 5.57 Å². The highest BCUT2D eigenvalue weighted by atomic mass is 16.5. The largest absolute Gasteiger partial charge is 0.495 e. The lowest BCUT2D eigenvalue weighted by atomic mass is 10.0. The van der Waals surface area contributed by atoms with Crippen LogP contribution in [0.1, 0.15) is 31.4 Å². The maximum atomic E-state index is 6.07. The average molecular weight is 206 g/mol. The minimum Gasteiger partial charge on any atom is -0.495 e. The van der Waals surface area contributed by atoms with E-state index in [4.69, 9.17) is 10.5 Å². The predicted molar refractivity (Wildman–Crippen MR) is 61.8 cm³/mol. The summed E-state index contributed by atoms with van der Waals surface area (Å²) in [5, 5.41) is 0. The zero-order valence-electron chi connectivity index (χ0n) is 9.36. The summed E-state index contributed by atoms with van der Waals surface area (Å²) in [5.41, 5.74) is 8.23. The molecule has 2 N–H and O–H groups in total. The number of aromatic nitrogens is 1. The first kappa shape index (κ1) is 11.7. The van der Waals surface area contributed by atoms with Gasteiger partial charge in [0.1, 0.15) is 5.75 Å². The van der Waals surface area contributed by atoms with Crippen LogP contribution in [0.2, 0.25) is 0 Å². The Kier molecular flexibility index (Phi) is 4.31. The molecule has 0 bridgehead atoms. The summed E-state index contributed by atoms with van der Waals surface area (Å²) in [4.78, 5) is 4.00. The van der Waals surface area contributed by atoms with E-state index in [1.165, 1.54) is 0 Å². The molecule has 0 amide bonds. The third-order valence-corrected chi connectivity index (χ3v) is 2.32. The van der Waals surface area contributed by atoms with Crippen molar-refractivity contribution in [3.05, 3.63) is 36.2 Å². The second-order valence-electron chi connectivity index (χ2n) is 3.72. The van der Waals surface area contributed by atoms with Gasteiger partial charge in [0.15, 0.2) is 0 Å². The minimum absolute atomic E-state index is 0.0142. The third-order valence-electron chi connectivity index (χ3n) is 2.32. The summed E-state index contributed by atoms with van der Waals surface area (Å²) in [6, 6.07) is 1.89. The van der Waals surface area contributed by atoms with E-state index in [0.29, 0.717) is 0 Å². The Morgan fingerprint density at radius 3 is 3.00 bits per heavy atom. The molecule has 1 aromatic heterocycles. The number of hydrogen-bond donors (Lipinski definition) is 1. The van der Waals surface area contributed by atoms with Crippen molar-refractivity contribution in [2.24, 2.45) is 5.73 Å². The molecule has 0 saturated heterocycles. The zero-order chi connectivity index (χ0) is 11.3. The Bertz CT molecular complexity index is 336. The molecule has 0 radical (unpaired) electrons. The molecule has 0 aliphatic rings. The SMILES string of the molecule is C=C(C)CCC(N)c1ccncc1OC. The molecule has 0 aliphatic heterocycles. The van der Waals surface area contributed by atoms with E-state index in [1.807, 2.05) is 13.0 Å². The van der Waals surface area contributed by atoms with E-state index in [-0.39, 0.29) is 6.04 Å². The van der Waals surface area contributed by atoms with E-state index in [2.05, 4.69) is 11.6 Å². The normalized spacial score (nSPS) is 12.2. The van der Waals surface area contributed by atoms with Crippen molar-refractivity contribution in [1.82, 2.24) is 4.98 Å². The van der Waals surface area contributed by atoms with Crippen LogP contribution >= 0.6 is 0 Å². The molecular formula is C12H18N2O. The summed E-state index contributed by atoms with van der Waals surface area (Å²) in [5.74, 6) is 0.756. The number of nitrogens with two attached hydrogens (primary N) is 1. The predicted octanol–water partition coefficient (Wildman–Crippen LogP) is 2.45. The van der Waals surface area contributed by atoms with Gasteiger partial charge in [0.05, 0.1) is 13.3 Å². The maximum absolute atomic E-state index is 6.07. The molecule has 0 aromatic carbocycles. The number of allylic oxidation sites excluding steroid dienone is 1. The molecule has 15 heavy (non-hydrogen) atoms. The minimum atomic E-state index is -0.0142. The van der Waals surface area contributed by atoms with Crippen molar-refractivity contribution < 1.29 is 4.74 Å². The second kappa shape index (κ2) is 5.51. The molecule has 1 unspecified atom stereocenters. The van der Waals surface area contributed by atoms with Gasteiger partial charge in [-0.2, -0.15) is 0 Å². The van der Waals surface area contributed by atoms with Crippen molar-refractivity contribution in [1.29, 1.82) is 0 Å². The number of ether oxygens (including phenoxy) is 1. The molecule has 1 atom stereocenters. The molecule has 82 valence electrons. The van der Waals surface area contributed by atoms with Crippen LogP contribution in [0.4, 0.5) is 0 Å². The van der Waals surface area contributed by atoms with E-state index in [0.717, 1.165) is 29.7 Å². The number of methoxy groups -OCH3 is 1. The number of pyridine rings is 1. The van der Waals surface area contributed by atoms with Gasteiger partial charge >= 0.3 is 0 Å². The van der Waals surface area contributed by atoms with Crippen LogP contribution in [0, 0.1) is 0 Å². The highest BCUT2D eigenvalue weighted by Crippen LogP contribution is 2.25. The maximum Gasteiger partial charge on any atom is 0.141 e. The number of hydrogen-bond acceptors (Lipinski definition) is 3. The lowest BCUT2D eigenvalue weighted by Crippen LogP contribution is -2.11. The van der Waals surface area contributed by atoms with Crippen LogP contribution in [0.5, 0.6) is 5.75 Å². The standard InChI is InChI=1S/C12H18N2O/c1-9(2)4-5-11(13)10-6-7-14-8-12(10)15-3/h6-8,11H,1,4-5,13H2,2-3H3. The Hall–Kier alpha value is -1.35. The second-order valence-corrected chi connectivity index (χ2v) is 3.72. The van der Waals surface area contributed by atoms with E-state index >= 15 is 0 Å². The van der Waals surface area contributed by atoms with Crippen LogP contribution in [0.3, 0.4) is 0 Å². The molecule has 0 spiro atoms. The Morgan fingerprint density at radius 2 is 2.40 bits per heavy atom. The van der Waals surface area contributed by atoms with Crippen molar-refractivity contribution in [2.75, 3.05) is 7.11 Å². The summed E-state index contributed by atoms with van der Waals surface area (Å²) in [6.07, 6.45) is 5.25. The quantitative estimate of drug-likeness (QED) is 0.753. The van der Waals surface area contributed by atoms with Gasteiger partial charge in [-0.25, -0.2) is 0 Å². The zero-order valence-corrected chi connectivity index (χ0v) is 9.36. The fourth-order valence-corrected chi connectivity index (χ4v) is 1.43. The van der Waals surface area contributed by atoms with E-state index in [9.17, 15) is 0 Å². The fourth-order valence-electron chi connectivity index (χ4n) is 1.43. The molecule has 0 saturated carbocycles. The highest BCUT2D eigenvalue weighted by molar-refractivity contribution is 5.32. The van der Waals surface area contributed by atoms with Gasteiger partial charge < -0.3 is 10.5 Å². The summed E-state index contributed by atoms with van der Waals surface area (Å²) >= 11 is 0. The summed E-state index contributed by atoms with van der Waals surface area (Å²) < 4.78 is 5.21. The van der Waals surface area contributed by atoms with Crippen molar-refractivity contribution in [2.45, 2.75) is 25.8 Å². The van der Waals surface area contributed by atoms with Crippen molar-refractivity contribution in [3.8, 4) is 5.75 Å². The first-order valence-corrected chi connectivity index (χ1v) is 5.03. The topological polar surface area (TPSA) is 48.1 Å². The van der Waals surface area contributed by atoms with Gasteiger partial charge in [0.25, 0.3) is 0 Å². The highest BCUT2D eigenvalue weighted by Gasteiger charge is 2.11. The van der Waals surface area contributed by atoms with E-state index in [1.54, 1.807) is 19.5 Å². The Balaban J connectivity index is 2.72. The lowest BCUT2D eigenvalue weighted by Gasteiger charge is -2.14. The molecule has 0 aliphatic carbocycles. The molecule has 1 heterocycles. The molecule has 1 aromatic rings. The molecule has 0 fully saturated rings. The molecule has 1 rings (SSSR count). The van der Waals surface area contributed by atoms with Gasteiger partial charge in [-0.05, 0) is 25.8 Å². The average Bonchev–Trinajstić information content (AvgIpc) is 2.25. The first-order chi connectivity index (χ1) is 7.15. The van der Waals surface area contributed by atoms with Crippen LogP contribution in [-0.2, 0) is 0 Å². The van der Waals surface area contributed by atoms with Gasteiger partial charge in [0, 0.05) is 17.8 Å². The Labute approximate surface area is 91.0 Å². The van der Waals surface area contributed by atoms with E-state index < -0.39 is 0 Å². The molecule has 3 heteroatoms. The van der Waals surface area contributed by atoms with Crippen molar-refractivity contribution >= 4 is 0 Å². The molecular weight excluding hydrogens is 188 g/mol. The van der Waals surface area contributed by atoms with Crippen LogP contribution < -0.4 is 10.5 Å². The summed E-state index contributed by atoms with van der Waals surface area (Å²) in [6.45, 7) is 5.87. The Morgan fingerprint density at radius 1 is 1.67 bits per heavy atom. The first-order valence-electron chi connectivity index (χ1n) is 5.03.